The third-order valence-electron chi connectivity index (χ3n) is 12.2. The summed E-state index contributed by atoms with van der Waals surface area (Å²) in [4.78, 5) is 48.6. The molecule has 0 heterocycles. The van der Waals surface area contributed by atoms with Crippen LogP contribution >= 0.6 is 7.82 Å². The molecule has 3 unspecified atom stereocenters. The predicted octanol–water partition coefficient (Wildman–Crippen LogP) is 17.8. The molecule has 0 aliphatic carbocycles. The molecular weight excluding hydrogens is 976 g/mol. The van der Waals surface area contributed by atoms with Crippen LogP contribution in [0.2, 0.25) is 0 Å². The minimum absolute atomic E-state index is 0.147. The van der Waals surface area contributed by atoms with Crippen molar-refractivity contribution in [3.05, 3.63) is 109 Å². The number of unbranched alkanes of at least 4 members (excludes halogenated alkanes) is 19. The van der Waals surface area contributed by atoms with Crippen LogP contribution in [0.15, 0.2) is 109 Å². The van der Waals surface area contributed by atoms with Crippen LogP contribution in [0.4, 0.5) is 0 Å². The zero-order valence-corrected chi connectivity index (χ0v) is 48.8. The molecule has 0 spiro atoms. The summed E-state index contributed by atoms with van der Waals surface area (Å²) in [6, 6.07) is 0. The minimum atomic E-state index is -4.77. The summed E-state index contributed by atoms with van der Waals surface area (Å²) in [5, 5.41) is 9.83. The van der Waals surface area contributed by atoms with Gasteiger partial charge in [0.05, 0.1) is 19.8 Å². The lowest BCUT2D eigenvalue weighted by atomic mass is 10.1. The molecule has 0 aromatic heterocycles. The molecule has 0 aromatic carbocycles. The Morgan fingerprint density at radius 1 is 0.368 bits per heavy atom. The van der Waals surface area contributed by atoms with Gasteiger partial charge in [-0.25, -0.2) is 4.57 Å². The van der Waals surface area contributed by atoms with E-state index >= 15 is 0 Å². The van der Waals surface area contributed by atoms with E-state index in [0.717, 1.165) is 161 Å². The van der Waals surface area contributed by atoms with E-state index in [9.17, 15) is 28.9 Å². The Morgan fingerprint density at radius 2 is 0.645 bits per heavy atom. The van der Waals surface area contributed by atoms with E-state index in [1.165, 1.54) is 19.3 Å². The third-order valence-corrected chi connectivity index (χ3v) is 13.1. The molecule has 0 aromatic rings. The standard InChI is InChI=1S/C64H107O11P/c1-4-7-10-13-16-19-22-25-28-30-33-36-39-42-45-48-51-54-63(67)74-60(56-65)58-72-76(69,70)73-59-61(57-71-62(66)53-50-47-44-41-38-35-32-27-24-21-18-15-12-9-6-3)75-64(68)55-52-49-46-43-40-37-34-31-29-26-23-20-17-14-11-8-5-2/h7-12,16-21,25-29,32,60-61,65H,4-6,13-15,22-24,30-31,33-59H2,1-3H3,(H,69,70)/b10-7-,11-8-,12-9-,19-16-,20-17-,21-18-,28-25-,29-26-,32-27-. The fourth-order valence-electron chi connectivity index (χ4n) is 7.75. The highest BCUT2D eigenvalue weighted by molar-refractivity contribution is 7.47. The Balaban J connectivity index is 4.75. The monoisotopic (exact) mass is 1080 g/mol. The molecule has 2 N–H and O–H groups in total. The number of carbonyl (C=O) groups is 3. The maximum atomic E-state index is 12.9. The van der Waals surface area contributed by atoms with Gasteiger partial charge in [0, 0.05) is 19.3 Å². The van der Waals surface area contributed by atoms with Crippen molar-refractivity contribution in [2.75, 3.05) is 26.4 Å². The molecule has 0 saturated carbocycles. The van der Waals surface area contributed by atoms with Crippen molar-refractivity contribution in [2.24, 2.45) is 0 Å². The number of rotatable bonds is 54. The Labute approximate surface area is 463 Å². The van der Waals surface area contributed by atoms with Crippen LogP contribution in [0.1, 0.15) is 239 Å². The maximum absolute atomic E-state index is 12.9. The van der Waals surface area contributed by atoms with E-state index in [1.54, 1.807) is 0 Å². The molecular formula is C64H107O11P. The molecule has 0 bridgehead atoms. The number of esters is 3. The van der Waals surface area contributed by atoms with Gasteiger partial charge in [-0.2, -0.15) is 0 Å². The van der Waals surface area contributed by atoms with Crippen LogP contribution in [-0.4, -0.2) is 66.5 Å². The highest BCUT2D eigenvalue weighted by atomic mass is 31.2. The fraction of sp³-hybridized carbons (Fsp3) is 0.672. The first-order valence-electron chi connectivity index (χ1n) is 29.8. The maximum Gasteiger partial charge on any atom is 0.472 e. The Morgan fingerprint density at radius 3 is 0.987 bits per heavy atom. The number of phosphoric acid groups is 1. The second-order valence-corrected chi connectivity index (χ2v) is 20.8. The molecule has 0 rings (SSSR count). The SMILES string of the molecule is CC/C=C\C/C=C\C/C=C\CCCCCCCCCC(=O)OC(CO)COP(=O)(O)OCC(COC(=O)CCCCCCC/C=C\C/C=C\C/C=C\CC)OC(=O)CCCCCCCCC/C=C\C/C=C\C/C=C\CC. The van der Waals surface area contributed by atoms with E-state index < -0.39 is 57.8 Å². The summed E-state index contributed by atoms with van der Waals surface area (Å²) in [5.74, 6) is -1.51. The van der Waals surface area contributed by atoms with E-state index in [0.29, 0.717) is 19.3 Å². The van der Waals surface area contributed by atoms with Crippen LogP contribution in [-0.2, 0) is 42.2 Å². The first kappa shape index (κ1) is 72.1. The average Bonchev–Trinajstić information content (AvgIpc) is 3.41. The molecule has 0 aliphatic heterocycles. The number of hydrogen-bond acceptors (Lipinski definition) is 10. The normalized spacial score (nSPS) is 14.1. The molecule has 12 heteroatoms. The van der Waals surface area contributed by atoms with Crippen molar-refractivity contribution in [3.8, 4) is 0 Å². The lowest BCUT2D eigenvalue weighted by Crippen LogP contribution is -2.30. The van der Waals surface area contributed by atoms with Gasteiger partial charge in [0.2, 0.25) is 0 Å². The number of allylic oxidation sites excluding steroid dienone is 18. The molecule has 0 aliphatic rings. The van der Waals surface area contributed by atoms with E-state index in [1.807, 2.05) is 0 Å². The van der Waals surface area contributed by atoms with Gasteiger partial charge in [0.25, 0.3) is 0 Å². The number of aliphatic hydroxyl groups excluding tert-OH is 1. The second kappa shape index (κ2) is 57.3. The number of carbonyl (C=O) groups excluding carboxylic acids is 3. The molecule has 0 radical (unpaired) electrons. The molecule has 0 fully saturated rings. The van der Waals surface area contributed by atoms with Crippen molar-refractivity contribution >= 4 is 25.7 Å². The van der Waals surface area contributed by atoms with Gasteiger partial charge < -0.3 is 24.2 Å². The Kier molecular flexibility index (Phi) is 54.4. The van der Waals surface area contributed by atoms with Crippen LogP contribution in [0.3, 0.4) is 0 Å². The Bertz CT molecular complexity index is 1690. The zero-order chi connectivity index (χ0) is 55.5. The van der Waals surface area contributed by atoms with Gasteiger partial charge in [-0.3, -0.25) is 23.4 Å². The van der Waals surface area contributed by atoms with Crippen LogP contribution in [0.25, 0.3) is 0 Å². The lowest BCUT2D eigenvalue weighted by Gasteiger charge is -2.21. The summed E-state index contributed by atoms with van der Waals surface area (Å²) < 4.78 is 39.6. The van der Waals surface area contributed by atoms with Crippen LogP contribution < -0.4 is 0 Å². The van der Waals surface area contributed by atoms with Gasteiger partial charge in [-0.05, 0) is 116 Å². The highest BCUT2D eigenvalue weighted by Gasteiger charge is 2.28. The Hall–Kier alpha value is -3.86. The quantitative estimate of drug-likeness (QED) is 0.0197. The van der Waals surface area contributed by atoms with Crippen LogP contribution in [0.5, 0.6) is 0 Å². The summed E-state index contributed by atoms with van der Waals surface area (Å²) in [6.07, 6.45) is 68.9. The van der Waals surface area contributed by atoms with Gasteiger partial charge in [0.15, 0.2) is 6.10 Å². The van der Waals surface area contributed by atoms with Crippen LogP contribution in [0, 0.1) is 0 Å². The summed E-state index contributed by atoms with van der Waals surface area (Å²) in [7, 11) is -4.77. The van der Waals surface area contributed by atoms with E-state index in [4.69, 9.17) is 23.3 Å². The van der Waals surface area contributed by atoms with Gasteiger partial charge >= 0.3 is 25.7 Å². The number of hydrogen-bond donors (Lipinski definition) is 2. The van der Waals surface area contributed by atoms with Gasteiger partial charge in [-0.15, -0.1) is 0 Å². The van der Waals surface area contributed by atoms with E-state index in [-0.39, 0.29) is 25.9 Å². The summed E-state index contributed by atoms with van der Waals surface area (Å²) in [6.45, 7) is 4.27. The summed E-state index contributed by atoms with van der Waals surface area (Å²) >= 11 is 0. The molecule has 0 saturated heterocycles. The highest BCUT2D eigenvalue weighted by Crippen LogP contribution is 2.43. The van der Waals surface area contributed by atoms with Crippen molar-refractivity contribution < 1.29 is 52.2 Å². The first-order valence-corrected chi connectivity index (χ1v) is 31.3. The van der Waals surface area contributed by atoms with Gasteiger partial charge in [0.1, 0.15) is 12.7 Å². The number of aliphatic hydroxyl groups is 1. The molecule has 3 atom stereocenters. The zero-order valence-electron chi connectivity index (χ0n) is 47.9. The van der Waals surface area contributed by atoms with Crippen molar-refractivity contribution in [1.29, 1.82) is 0 Å². The molecule has 434 valence electrons. The van der Waals surface area contributed by atoms with Gasteiger partial charge in [-0.1, -0.05) is 214 Å². The smallest absolute Gasteiger partial charge is 0.462 e. The third kappa shape index (κ3) is 54.9. The number of ether oxygens (including phenoxy) is 3. The lowest BCUT2D eigenvalue weighted by molar-refractivity contribution is -0.161. The molecule has 76 heavy (non-hydrogen) atoms. The van der Waals surface area contributed by atoms with Crippen molar-refractivity contribution in [2.45, 2.75) is 251 Å². The predicted molar refractivity (Wildman–Crippen MR) is 316 cm³/mol. The molecule has 11 nitrogen and oxygen atoms in total. The minimum Gasteiger partial charge on any atom is -0.462 e. The number of phosphoric ester groups is 1. The second-order valence-electron chi connectivity index (χ2n) is 19.4. The topological polar surface area (TPSA) is 155 Å². The van der Waals surface area contributed by atoms with E-state index in [2.05, 4.69) is 130 Å². The van der Waals surface area contributed by atoms with Crippen molar-refractivity contribution in [1.82, 2.24) is 0 Å². The average molecular weight is 1080 g/mol. The largest absolute Gasteiger partial charge is 0.472 e. The molecule has 0 amide bonds. The first-order chi connectivity index (χ1) is 37.2. The van der Waals surface area contributed by atoms with Crippen molar-refractivity contribution in [3.63, 3.8) is 0 Å². The summed E-state index contributed by atoms with van der Waals surface area (Å²) in [5.41, 5.74) is 0. The fourth-order valence-corrected chi connectivity index (χ4v) is 8.54.